The highest BCUT2D eigenvalue weighted by Gasteiger charge is 2.60. The van der Waals surface area contributed by atoms with Crippen molar-refractivity contribution in [2.24, 2.45) is 34.5 Å². The molecule has 1 aromatic heterocycles. The van der Waals surface area contributed by atoms with Crippen molar-refractivity contribution >= 4 is 22.4 Å². The monoisotopic (exact) mass is 439 g/mol. The van der Waals surface area contributed by atoms with Crippen molar-refractivity contribution in [2.45, 2.75) is 77.2 Å². The minimum absolute atomic E-state index is 0.144. The molecule has 0 aromatic carbocycles. The first kappa shape index (κ1) is 20.3. The fraction of sp³-hybridized carbons (Fsp3) is 0.769. The van der Waals surface area contributed by atoms with Crippen molar-refractivity contribution in [3.05, 3.63) is 23.2 Å². The first-order chi connectivity index (χ1) is 14.9. The standard InChI is InChI=1S/C26H37N3OS/c1-25-12-10-19-17(6-9-22-26(19,2)13-11-23(30)29(22)3)18(25)7-8-20(25)21-15-31-24(28-21)27-14-16-4-5-16/h11,13,15-20,22H,4-10,12,14H2,1-3H3,(H,27,28)/t17-,18-,19+,20?,22?,25-,26+/m0/s1. The zero-order valence-corrected chi connectivity index (χ0v) is 20.1. The number of carbonyl (C=O) groups is 1. The summed E-state index contributed by atoms with van der Waals surface area (Å²) in [5.41, 5.74) is 1.88. The van der Waals surface area contributed by atoms with Gasteiger partial charge in [0.05, 0.1) is 5.69 Å². The van der Waals surface area contributed by atoms with Gasteiger partial charge >= 0.3 is 0 Å². The number of rotatable bonds is 4. The molecule has 0 spiro atoms. The topological polar surface area (TPSA) is 45.2 Å². The Morgan fingerprint density at radius 1 is 1.13 bits per heavy atom. The van der Waals surface area contributed by atoms with Gasteiger partial charge in [0.1, 0.15) is 0 Å². The highest BCUT2D eigenvalue weighted by molar-refractivity contribution is 7.13. The molecule has 6 rings (SSSR count). The minimum Gasteiger partial charge on any atom is -0.361 e. The molecule has 0 radical (unpaired) electrons. The van der Waals surface area contributed by atoms with Crippen LogP contribution in [0, 0.1) is 34.5 Å². The first-order valence-corrected chi connectivity index (χ1v) is 13.4. The molecular weight excluding hydrogens is 402 g/mol. The van der Waals surface area contributed by atoms with E-state index in [9.17, 15) is 4.79 Å². The minimum atomic E-state index is 0.144. The van der Waals surface area contributed by atoms with Gasteiger partial charge in [0.25, 0.3) is 0 Å². The van der Waals surface area contributed by atoms with Gasteiger partial charge in [-0.2, -0.15) is 0 Å². The number of fused-ring (bicyclic) bond motifs is 5. The van der Waals surface area contributed by atoms with E-state index in [1.54, 1.807) is 0 Å². The number of aromatic nitrogens is 1. The fourth-order valence-corrected chi connectivity index (χ4v) is 9.08. The third-order valence-corrected chi connectivity index (χ3v) is 11.1. The molecule has 7 atom stereocenters. The number of likely N-dealkylation sites (N-methyl/N-ethyl adjacent to an activating group) is 1. The lowest BCUT2D eigenvalue weighted by Crippen LogP contribution is -2.59. The van der Waals surface area contributed by atoms with Crippen LogP contribution >= 0.6 is 11.3 Å². The maximum Gasteiger partial charge on any atom is 0.246 e. The van der Waals surface area contributed by atoms with E-state index < -0.39 is 0 Å². The van der Waals surface area contributed by atoms with Crippen LogP contribution in [-0.4, -0.2) is 35.4 Å². The average molecular weight is 440 g/mol. The summed E-state index contributed by atoms with van der Waals surface area (Å²) in [5, 5.41) is 7.08. The molecule has 5 heteroatoms. The second kappa shape index (κ2) is 7.07. The van der Waals surface area contributed by atoms with Crippen LogP contribution in [-0.2, 0) is 4.79 Å². The Hall–Kier alpha value is -1.36. The molecule has 4 nitrogen and oxygen atoms in total. The predicted octanol–water partition coefficient (Wildman–Crippen LogP) is 5.69. The highest BCUT2D eigenvalue weighted by atomic mass is 32.1. The SMILES string of the molecule is CN1C(=O)C=C[C@@]2(C)C1CC[C@@H]1[C@H]2CC[C@]2(C)C(c3csc(NCC4CC4)n3)CC[C@@H]12. The Kier molecular flexibility index (Phi) is 4.62. The molecule has 1 N–H and O–H groups in total. The van der Waals surface area contributed by atoms with Crippen LogP contribution in [0.3, 0.4) is 0 Å². The van der Waals surface area contributed by atoms with Crippen molar-refractivity contribution in [1.82, 2.24) is 9.88 Å². The number of carbonyl (C=O) groups excluding carboxylic acids is 1. The molecule has 5 aliphatic rings. The van der Waals surface area contributed by atoms with Crippen LogP contribution in [0.5, 0.6) is 0 Å². The number of nitrogens with one attached hydrogen (secondary N) is 1. The van der Waals surface area contributed by atoms with Crippen LogP contribution in [0.15, 0.2) is 17.5 Å². The first-order valence-electron chi connectivity index (χ1n) is 12.6. The molecule has 168 valence electrons. The highest BCUT2D eigenvalue weighted by Crippen LogP contribution is 2.67. The zero-order valence-electron chi connectivity index (χ0n) is 19.3. The molecule has 4 saturated carbocycles. The zero-order chi connectivity index (χ0) is 21.4. The number of nitrogens with zero attached hydrogens (tertiary/aromatic N) is 2. The lowest BCUT2D eigenvalue weighted by molar-refractivity contribution is -0.138. The van der Waals surface area contributed by atoms with Crippen LogP contribution in [0.2, 0.25) is 0 Å². The predicted molar refractivity (Wildman–Crippen MR) is 126 cm³/mol. The summed E-state index contributed by atoms with van der Waals surface area (Å²) in [5.74, 6) is 3.99. The summed E-state index contributed by atoms with van der Waals surface area (Å²) in [4.78, 5) is 19.4. The Balaban J connectivity index is 1.23. The largest absolute Gasteiger partial charge is 0.361 e. The van der Waals surface area contributed by atoms with Crippen molar-refractivity contribution in [1.29, 1.82) is 0 Å². The van der Waals surface area contributed by atoms with Gasteiger partial charge in [-0.3, -0.25) is 4.79 Å². The molecule has 1 aliphatic heterocycles. The van der Waals surface area contributed by atoms with Gasteiger partial charge in [0.15, 0.2) is 5.13 Å². The summed E-state index contributed by atoms with van der Waals surface area (Å²) < 4.78 is 0. The lowest BCUT2D eigenvalue weighted by Gasteiger charge is -2.60. The second-order valence-corrected chi connectivity index (χ2v) is 12.6. The van der Waals surface area contributed by atoms with Gasteiger partial charge in [0.2, 0.25) is 5.91 Å². The number of hydrogen-bond acceptors (Lipinski definition) is 4. The normalized spacial score (nSPS) is 44.0. The second-order valence-electron chi connectivity index (χ2n) is 11.7. The van der Waals surface area contributed by atoms with E-state index in [1.807, 2.05) is 29.4 Å². The van der Waals surface area contributed by atoms with E-state index in [0.717, 1.165) is 35.9 Å². The molecule has 31 heavy (non-hydrogen) atoms. The van der Waals surface area contributed by atoms with Gasteiger partial charge in [-0.05, 0) is 86.5 Å². The molecule has 4 fully saturated rings. The van der Waals surface area contributed by atoms with E-state index in [0.29, 0.717) is 23.3 Å². The van der Waals surface area contributed by atoms with Gasteiger partial charge < -0.3 is 10.2 Å². The summed E-state index contributed by atoms with van der Waals surface area (Å²) in [6.07, 6.45) is 14.6. The van der Waals surface area contributed by atoms with Crippen molar-refractivity contribution in [3.8, 4) is 0 Å². The molecule has 0 saturated heterocycles. The maximum atomic E-state index is 12.3. The van der Waals surface area contributed by atoms with Crippen LogP contribution in [0.25, 0.3) is 0 Å². The van der Waals surface area contributed by atoms with Crippen molar-refractivity contribution < 1.29 is 4.79 Å². The Labute approximate surface area is 190 Å². The van der Waals surface area contributed by atoms with E-state index in [1.165, 1.54) is 50.6 Å². The van der Waals surface area contributed by atoms with Crippen molar-refractivity contribution in [2.75, 3.05) is 18.9 Å². The van der Waals surface area contributed by atoms with Gasteiger partial charge in [-0.25, -0.2) is 4.98 Å². The molecule has 0 bridgehead atoms. The van der Waals surface area contributed by atoms with Crippen LogP contribution in [0.1, 0.15) is 76.8 Å². The molecular formula is C26H37N3OS. The fourth-order valence-electron chi connectivity index (χ4n) is 8.31. The molecule has 1 amide bonds. The van der Waals surface area contributed by atoms with E-state index in [-0.39, 0.29) is 11.3 Å². The number of anilines is 1. The summed E-state index contributed by atoms with van der Waals surface area (Å²) in [6, 6.07) is 0.381. The number of thiazole rings is 1. The van der Waals surface area contributed by atoms with Gasteiger partial charge in [-0.15, -0.1) is 11.3 Å². The molecule has 2 unspecified atom stereocenters. The van der Waals surface area contributed by atoms with Crippen LogP contribution in [0.4, 0.5) is 5.13 Å². The maximum absolute atomic E-state index is 12.3. The summed E-state index contributed by atoms with van der Waals surface area (Å²) in [7, 11) is 2.02. The number of amides is 1. The van der Waals surface area contributed by atoms with Gasteiger partial charge in [0, 0.05) is 36.3 Å². The van der Waals surface area contributed by atoms with E-state index in [4.69, 9.17) is 4.98 Å². The van der Waals surface area contributed by atoms with E-state index >= 15 is 0 Å². The summed E-state index contributed by atoms with van der Waals surface area (Å²) >= 11 is 1.81. The molecule has 4 aliphatic carbocycles. The summed E-state index contributed by atoms with van der Waals surface area (Å²) in [6.45, 7) is 6.13. The Morgan fingerprint density at radius 2 is 1.97 bits per heavy atom. The molecule has 1 aromatic rings. The number of hydrogen-bond donors (Lipinski definition) is 1. The molecule has 2 heterocycles. The van der Waals surface area contributed by atoms with Crippen LogP contribution < -0.4 is 5.32 Å². The Bertz CT molecular complexity index is 906. The quantitative estimate of drug-likeness (QED) is 0.656. The third kappa shape index (κ3) is 3.05. The smallest absolute Gasteiger partial charge is 0.246 e. The van der Waals surface area contributed by atoms with Crippen molar-refractivity contribution in [3.63, 3.8) is 0 Å². The van der Waals surface area contributed by atoms with Gasteiger partial charge in [-0.1, -0.05) is 19.9 Å². The lowest BCUT2D eigenvalue weighted by atomic mass is 9.47. The van der Waals surface area contributed by atoms with E-state index in [2.05, 4.69) is 30.6 Å². The third-order valence-electron chi connectivity index (χ3n) is 10.2. The average Bonchev–Trinajstić information content (AvgIpc) is 3.35. The Morgan fingerprint density at radius 3 is 2.77 bits per heavy atom.